The molecule has 0 unspecified atom stereocenters. The SMILES string of the molecule is Cc1ccc(-n2c(C)cc3c2CC(C)(C)C/C3=N\OC(=O)Nc2ccc(Cl)c(Cl)c2)cc1C. The van der Waals surface area contributed by atoms with Crippen LogP contribution in [0.4, 0.5) is 10.5 Å². The number of aromatic nitrogens is 1. The molecule has 172 valence electrons. The zero-order valence-electron chi connectivity index (χ0n) is 19.4. The molecule has 2 aromatic carbocycles. The lowest BCUT2D eigenvalue weighted by Crippen LogP contribution is -2.29. The fourth-order valence-electron chi connectivity index (χ4n) is 4.30. The maximum absolute atomic E-state index is 12.4. The number of nitrogens with one attached hydrogen (secondary N) is 1. The number of anilines is 1. The van der Waals surface area contributed by atoms with E-state index in [0.717, 1.165) is 29.1 Å². The van der Waals surface area contributed by atoms with Crippen molar-refractivity contribution in [1.82, 2.24) is 4.57 Å². The average molecular weight is 484 g/mol. The number of carbonyl (C=O) groups excluding carboxylic acids is 1. The number of benzene rings is 2. The van der Waals surface area contributed by atoms with Crippen molar-refractivity contribution in [2.75, 3.05) is 5.32 Å². The molecule has 7 heteroatoms. The number of carbonyl (C=O) groups is 1. The van der Waals surface area contributed by atoms with Gasteiger partial charge in [0.15, 0.2) is 0 Å². The molecular weight excluding hydrogens is 457 g/mol. The smallest absolute Gasteiger partial charge is 0.318 e. The molecular formula is C26H27Cl2N3O2. The monoisotopic (exact) mass is 483 g/mol. The number of hydrogen-bond donors (Lipinski definition) is 1. The van der Waals surface area contributed by atoms with Crippen LogP contribution < -0.4 is 5.32 Å². The third kappa shape index (κ3) is 4.94. The number of halogens is 2. The standard InChI is InChI=1S/C26H27Cl2N3O2/c1-15-6-8-19(10-16(15)2)31-17(3)11-20-23(13-26(4,5)14-24(20)31)30-33-25(32)29-18-7-9-21(27)22(28)12-18/h6-12H,13-14H2,1-5H3,(H,29,32)/b30-23+. The maximum Gasteiger partial charge on any atom is 0.437 e. The van der Waals surface area contributed by atoms with Crippen LogP contribution in [0.25, 0.3) is 5.69 Å². The fraction of sp³-hybridized carbons (Fsp3) is 0.308. The van der Waals surface area contributed by atoms with Gasteiger partial charge in [0, 0.05) is 28.3 Å². The number of fused-ring (bicyclic) bond motifs is 1. The Kier molecular flexibility index (Phi) is 6.30. The van der Waals surface area contributed by atoms with Crippen molar-refractivity contribution in [1.29, 1.82) is 0 Å². The third-order valence-corrected chi connectivity index (χ3v) is 6.78. The number of oxime groups is 1. The Bertz CT molecular complexity index is 1270. The topological polar surface area (TPSA) is 55.6 Å². The first kappa shape index (κ1) is 23.4. The van der Waals surface area contributed by atoms with Crippen LogP contribution in [0.3, 0.4) is 0 Å². The predicted octanol–water partition coefficient (Wildman–Crippen LogP) is 7.63. The molecule has 1 amide bonds. The van der Waals surface area contributed by atoms with Crippen molar-refractivity contribution >= 4 is 40.7 Å². The molecule has 0 bridgehead atoms. The number of hydrogen-bond acceptors (Lipinski definition) is 3. The summed E-state index contributed by atoms with van der Waals surface area (Å²) in [5.41, 5.74) is 8.18. The van der Waals surface area contributed by atoms with Gasteiger partial charge in [-0.25, -0.2) is 4.79 Å². The molecule has 0 radical (unpaired) electrons. The first-order valence-electron chi connectivity index (χ1n) is 10.8. The summed E-state index contributed by atoms with van der Waals surface area (Å²) in [6.07, 6.45) is 0.921. The summed E-state index contributed by atoms with van der Waals surface area (Å²) in [6, 6.07) is 13.5. The van der Waals surface area contributed by atoms with Crippen LogP contribution in [-0.4, -0.2) is 16.4 Å². The molecule has 5 nitrogen and oxygen atoms in total. The van der Waals surface area contributed by atoms with Gasteiger partial charge in [0.2, 0.25) is 0 Å². The Balaban J connectivity index is 1.64. The van der Waals surface area contributed by atoms with Crippen LogP contribution in [0.5, 0.6) is 0 Å². The largest absolute Gasteiger partial charge is 0.437 e. The summed E-state index contributed by atoms with van der Waals surface area (Å²) in [6.45, 7) is 10.7. The van der Waals surface area contributed by atoms with Crippen LogP contribution in [0.15, 0.2) is 47.6 Å². The molecule has 1 aliphatic rings. The van der Waals surface area contributed by atoms with E-state index in [2.05, 4.69) is 73.9 Å². The number of aryl methyl sites for hydroxylation is 3. The predicted molar refractivity (Wildman–Crippen MR) is 135 cm³/mol. The van der Waals surface area contributed by atoms with E-state index in [1.165, 1.54) is 16.8 Å². The molecule has 0 fully saturated rings. The van der Waals surface area contributed by atoms with Crippen molar-refractivity contribution in [2.24, 2.45) is 10.6 Å². The second kappa shape index (κ2) is 8.88. The van der Waals surface area contributed by atoms with Gasteiger partial charge in [-0.2, -0.15) is 0 Å². The highest BCUT2D eigenvalue weighted by molar-refractivity contribution is 6.42. The molecule has 0 aliphatic heterocycles. The zero-order chi connectivity index (χ0) is 23.9. The summed E-state index contributed by atoms with van der Waals surface area (Å²) < 4.78 is 2.29. The normalized spacial score (nSPS) is 15.9. The van der Waals surface area contributed by atoms with Crippen molar-refractivity contribution in [3.05, 3.63) is 80.6 Å². The molecule has 33 heavy (non-hydrogen) atoms. The molecule has 3 aromatic rings. The minimum absolute atomic E-state index is 0.0301. The van der Waals surface area contributed by atoms with Gasteiger partial charge < -0.3 is 4.57 Å². The highest BCUT2D eigenvalue weighted by atomic mass is 35.5. The lowest BCUT2D eigenvalue weighted by Gasteiger charge is -2.31. The quantitative estimate of drug-likeness (QED) is 0.307. The van der Waals surface area contributed by atoms with Gasteiger partial charge in [0.25, 0.3) is 0 Å². The van der Waals surface area contributed by atoms with Gasteiger partial charge in [0.1, 0.15) is 0 Å². The fourth-order valence-corrected chi connectivity index (χ4v) is 4.59. The Labute approximate surface area is 204 Å². The van der Waals surface area contributed by atoms with Crippen LogP contribution in [0.1, 0.15) is 48.3 Å². The van der Waals surface area contributed by atoms with Gasteiger partial charge in [-0.3, -0.25) is 10.2 Å². The Hall–Kier alpha value is -2.76. The minimum Gasteiger partial charge on any atom is -0.318 e. The van der Waals surface area contributed by atoms with Gasteiger partial charge >= 0.3 is 6.09 Å². The first-order chi connectivity index (χ1) is 15.5. The number of amides is 1. The van der Waals surface area contributed by atoms with E-state index in [0.29, 0.717) is 22.2 Å². The van der Waals surface area contributed by atoms with E-state index in [1.54, 1.807) is 18.2 Å². The van der Waals surface area contributed by atoms with E-state index in [9.17, 15) is 4.79 Å². The Morgan fingerprint density at radius 1 is 1.00 bits per heavy atom. The molecule has 1 aromatic heterocycles. The van der Waals surface area contributed by atoms with E-state index < -0.39 is 6.09 Å². The van der Waals surface area contributed by atoms with Gasteiger partial charge in [-0.1, -0.05) is 48.3 Å². The summed E-state index contributed by atoms with van der Waals surface area (Å²) in [5.74, 6) is 0. The van der Waals surface area contributed by atoms with Crippen LogP contribution in [0, 0.1) is 26.2 Å². The first-order valence-corrected chi connectivity index (χ1v) is 11.6. The summed E-state index contributed by atoms with van der Waals surface area (Å²) >= 11 is 11.9. The molecule has 1 aliphatic carbocycles. The van der Waals surface area contributed by atoms with Gasteiger partial charge in [-0.15, -0.1) is 0 Å². The zero-order valence-corrected chi connectivity index (χ0v) is 20.9. The van der Waals surface area contributed by atoms with Crippen molar-refractivity contribution < 1.29 is 9.63 Å². The molecule has 0 saturated heterocycles. The van der Waals surface area contributed by atoms with Crippen molar-refractivity contribution in [3.8, 4) is 5.69 Å². The maximum atomic E-state index is 12.4. The Morgan fingerprint density at radius 3 is 2.45 bits per heavy atom. The Morgan fingerprint density at radius 2 is 1.76 bits per heavy atom. The molecule has 4 rings (SSSR count). The molecule has 0 saturated carbocycles. The van der Waals surface area contributed by atoms with E-state index in [-0.39, 0.29) is 5.41 Å². The highest BCUT2D eigenvalue weighted by Crippen LogP contribution is 2.38. The lowest BCUT2D eigenvalue weighted by molar-refractivity contribution is 0.165. The highest BCUT2D eigenvalue weighted by Gasteiger charge is 2.33. The van der Waals surface area contributed by atoms with Gasteiger partial charge in [-0.05, 0) is 86.6 Å². The second-order valence-corrected chi connectivity index (χ2v) is 10.3. The lowest BCUT2D eigenvalue weighted by atomic mass is 9.76. The summed E-state index contributed by atoms with van der Waals surface area (Å²) in [7, 11) is 0. The van der Waals surface area contributed by atoms with Crippen LogP contribution >= 0.6 is 23.2 Å². The average Bonchev–Trinajstić information content (AvgIpc) is 3.06. The molecule has 0 atom stereocenters. The van der Waals surface area contributed by atoms with Crippen LogP contribution in [-0.2, 0) is 11.3 Å². The van der Waals surface area contributed by atoms with Crippen molar-refractivity contribution in [2.45, 2.75) is 47.5 Å². The summed E-state index contributed by atoms with van der Waals surface area (Å²) in [5, 5.41) is 7.66. The third-order valence-electron chi connectivity index (χ3n) is 6.04. The number of nitrogens with zero attached hydrogens (tertiary/aromatic N) is 2. The second-order valence-electron chi connectivity index (χ2n) is 9.44. The molecule has 1 N–H and O–H groups in total. The van der Waals surface area contributed by atoms with Gasteiger partial charge in [0.05, 0.1) is 15.8 Å². The minimum atomic E-state index is -0.684. The molecule has 0 spiro atoms. The molecule has 1 heterocycles. The van der Waals surface area contributed by atoms with E-state index >= 15 is 0 Å². The number of rotatable bonds is 3. The van der Waals surface area contributed by atoms with E-state index in [1.807, 2.05) is 0 Å². The van der Waals surface area contributed by atoms with Crippen LogP contribution in [0.2, 0.25) is 10.0 Å². The van der Waals surface area contributed by atoms with Crippen molar-refractivity contribution in [3.63, 3.8) is 0 Å². The summed E-state index contributed by atoms with van der Waals surface area (Å²) in [4.78, 5) is 17.6. The van der Waals surface area contributed by atoms with E-state index in [4.69, 9.17) is 28.0 Å².